The first-order chi connectivity index (χ1) is 8.20. The number of aromatic nitrogens is 2. The average molecular weight is 298 g/mol. The highest BCUT2D eigenvalue weighted by Gasteiger charge is 2.32. The van der Waals surface area contributed by atoms with Crippen LogP contribution in [0.25, 0.3) is 0 Å². The van der Waals surface area contributed by atoms with Crippen LogP contribution in [0.2, 0.25) is 0 Å². The van der Waals surface area contributed by atoms with Crippen molar-refractivity contribution in [1.29, 1.82) is 0 Å². The van der Waals surface area contributed by atoms with Crippen molar-refractivity contribution in [1.82, 2.24) is 15.0 Å². The molecule has 6 heteroatoms. The zero-order chi connectivity index (χ0) is 11.8. The molecule has 1 fully saturated rings. The Balaban J connectivity index is 1.55. The van der Waals surface area contributed by atoms with Crippen molar-refractivity contribution in [3.63, 3.8) is 0 Å². The van der Waals surface area contributed by atoms with E-state index in [0.29, 0.717) is 11.7 Å². The zero-order valence-corrected chi connectivity index (χ0v) is 11.0. The third-order valence-corrected chi connectivity index (χ3v) is 3.28. The molecule has 0 saturated carbocycles. The van der Waals surface area contributed by atoms with Gasteiger partial charge in [-0.15, -0.1) is 0 Å². The molecule has 0 N–H and O–H groups in total. The summed E-state index contributed by atoms with van der Waals surface area (Å²) >= 11 is 3.29. The Bertz CT molecular complexity index is 516. The minimum Gasteiger partial charge on any atom is -0.453 e. The Labute approximate surface area is 107 Å². The van der Waals surface area contributed by atoms with Gasteiger partial charge in [-0.3, -0.25) is 4.90 Å². The molecule has 17 heavy (non-hydrogen) atoms. The van der Waals surface area contributed by atoms with Gasteiger partial charge in [0.25, 0.3) is 0 Å². The zero-order valence-electron chi connectivity index (χ0n) is 9.39. The smallest absolute Gasteiger partial charge is 0.232 e. The largest absolute Gasteiger partial charge is 0.453 e. The summed E-state index contributed by atoms with van der Waals surface area (Å²) < 4.78 is 11.4. The second-order valence-corrected chi connectivity index (χ2v) is 5.06. The van der Waals surface area contributed by atoms with Crippen molar-refractivity contribution in [2.75, 3.05) is 13.1 Å². The van der Waals surface area contributed by atoms with E-state index < -0.39 is 0 Å². The number of hydrogen-bond donors (Lipinski definition) is 0. The van der Waals surface area contributed by atoms with Crippen LogP contribution in [0.5, 0.6) is 0 Å². The van der Waals surface area contributed by atoms with Crippen molar-refractivity contribution < 1.29 is 8.94 Å². The number of hydrogen-bond acceptors (Lipinski definition) is 5. The lowest BCUT2D eigenvalue weighted by Crippen LogP contribution is -2.44. The van der Waals surface area contributed by atoms with Crippen molar-refractivity contribution in [2.24, 2.45) is 0 Å². The maximum Gasteiger partial charge on any atom is 0.232 e. The van der Waals surface area contributed by atoms with E-state index in [4.69, 9.17) is 8.94 Å². The molecule has 90 valence electrons. The van der Waals surface area contributed by atoms with Crippen molar-refractivity contribution in [3.05, 3.63) is 34.3 Å². The third-order valence-electron chi connectivity index (χ3n) is 2.86. The standard InChI is InChI=1S/C11H12BrN3O2/c1-7-13-11(17-14-7)8-4-15(5-8)6-9-2-3-10(12)16-9/h2-3,8H,4-6H2,1H3. The van der Waals surface area contributed by atoms with Gasteiger partial charge >= 0.3 is 0 Å². The lowest BCUT2D eigenvalue weighted by molar-refractivity contribution is 0.108. The van der Waals surface area contributed by atoms with Crippen LogP contribution >= 0.6 is 15.9 Å². The molecule has 0 atom stereocenters. The number of furan rings is 1. The molecule has 0 unspecified atom stereocenters. The molecule has 0 spiro atoms. The Morgan fingerprint density at radius 3 is 2.88 bits per heavy atom. The highest BCUT2D eigenvalue weighted by molar-refractivity contribution is 9.10. The number of aryl methyl sites for hydroxylation is 1. The molecule has 1 aliphatic heterocycles. The lowest BCUT2D eigenvalue weighted by atomic mass is 10.0. The quantitative estimate of drug-likeness (QED) is 0.870. The van der Waals surface area contributed by atoms with Gasteiger partial charge in [-0.05, 0) is 35.0 Å². The van der Waals surface area contributed by atoms with Crippen LogP contribution < -0.4 is 0 Å². The van der Waals surface area contributed by atoms with Crippen molar-refractivity contribution in [3.8, 4) is 0 Å². The van der Waals surface area contributed by atoms with E-state index in [1.54, 1.807) is 0 Å². The van der Waals surface area contributed by atoms with E-state index in [2.05, 4.69) is 31.0 Å². The van der Waals surface area contributed by atoms with Crippen molar-refractivity contribution in [2.45, 2.75) is 19.4 Å². The van der Waals surface area contributed by atoms with E-state index in [9.17, 15) is 0 Å². The van der Waals surface area contributed by atoms with Gasteiger partial charge in [0.15, 0.2) is 10.5 Å². The highest BCUT2D eigenvalue weighted by Crippen LogP contribution is 2.27. The van der Waals surface area contributed by atoms with E-state index in [1.807, 2.05) is 19.1 Å². The predicted octanol–water partition coefficient (Wildman–Crippen LogP) is 2.33. The Hall–Kier alpha value is -1.14. The van der Waals surface area contributed by atoms with Gasteiger partial charge in [-0.25, -0.2) is 0 Å². The van der Waals surface area contributed by atoms with Gasteiger partial charge in [-0.2, -0.15) is 4.98 Å². The van der Waals surface area contributed by atoms with Crippen LogP contribution in [0.4, 0.5) is 0 Å². The summed E-state index contributed by atoms with van der Waals surface area (Å²) in [5.74, 6) is 2.79. The molecule has 1 saturated heterocycles. The van der Waals surface area contributed by atoms with Crippen LogP contribution in [0.15, 0.2) is 25.7 Å². The fourth-order valence-electron chi connectivity index (χ4n) is 1.99. The summed E-state index contributed by atoms with van der Waals surface area (Å²) in [5, 5.41) is 3.80. The number of rotatable bonds is 3. The first kappa shape index (κ1) is 11.0. The molecular formula is C11H12BrN3O2. The molecule has 0 aliphatic carbocycles. The van der Waals surface area contributed by atoms with Crippen LogP contribution in [-0.2, 0) is 6.54 Å². The molecule has 0 aromatic carbocycles. The Morgan fingerprint density at radius 1 is 1.47 bits per heavy atom. The Kier molecular flexibility index (Phi) is 2.76. The molecule has 0 radical (unpaired) electrons. The van der Waals surface area contributed by atoms with E-state index >= 15 is 0 Å². The first-order valence-corrected chi connectivity index (χ1v) is 6.27. The molecule has 5 nitrogen and oxygen atoms in total. The third kappa shape index (κ3) is 2.28. The van der Waals surface area contributed by atoms with Crippen LogP contribution in [0, 0.1) is 6.92 Å². The second-order valence-electron chi connectivity index (χ2n) is 4.28. The van der Waals surface area contributed by atoms with Crippen LogP contribution in [-0.4, -0.2) is 28.1 Å². The molecule has 3 rings (SSSR count). The molecule has 2 aromatic rings. The molecule has 0 bridgehead atoms. The topological polar surface area (TPSA) is 55.3 Å². The predicted molar refractivity (Wildman–Crippen MR) is 63.5 cm³/mol. The summed E-state index contributed by atoms with van der Waals surface area (Å²) in [6, 6.07) is 3.89. The summed E-state index contributed by atoms with van der Waals surface area (Å²) in [5.41, 5.74) is 0. The van der Waals surface area contributed by atoms with Gasteiger partial charge < -0.3 is 8.94 Å². The van der Waals surface area contributed by atoms with E-state index in [-0.39, 0.29) is 0 Å². The van der Waals surface area contributed by atoms with Crippen LogP contribution in [0.3, 0.4) is 0 Å². The number of halogens is 1. The summed E-state index contributed by atoms with van der Waals surface area (Å²) in [6.07, 6.45) is 0. The molecular weight excluding hydrogens is 286 g/mol. The summed E-state index contributed by atoms with van der Waals surface area (Å²) in [6.45, 7) is 4.55. The average Bonchev–Trinajstić information content (AvgIpc) is 2.81. The normalized spacial score (nSPS) is 17.3. The minimum absolute atomic E-state index is 0.370. The van der Waals surface area contributed by atoms with Gasteiger partial charge in [-0.1, -0.05) is 5.16 Å². The second kappa shape index (κ2) is 4.27. The summed E-state index contributed by atoms with van der Waals surface area (Å²) in [7, 11) is 0. The maximum absolute atomic E-state index is 5.46. The SMILES string of the molecule is Cc1noc(C2CN(Cc3ccc(Br)o3)C2)n1. The Morgan fingerprint density at radius 2 is 2.29 bits per heavy atom. The molecule has 0 amide bonds. The monoisotopic (exact) mass is 297 g/mol. The van der Waals surface area contributed by atoms with E-state index in [0.717, 1.165) is 36.0 Å². The van der Waals surface area contributed by atoms with Gasteiger partial charge in [0.05, 0.1) is 12.5 Å². The van der Waals surface area contributed by atoms with E-state index in [1.165, 1.54) is 0 Å². The molecule has 2 aromatic heterocycles. The van der Waals surface area contributed by atoms with Gasteiger partial charge in [0.2, 0.25) is 5.89 Å². The van der Waals surface area contributed by atoms with Gasteiger partial charge in [0.1, 0.15) is 5.76 Å². The fourth-order valence-corrected chi connectivity index (χ4v) is 2.33. The fraction of sp³-hybridized carbons (Fsp3) is 0.455. The first-order valence-electron chi connectivity index (χ1n) is 5.47. The highest BCUT2D eigenvalue weighted by atomic mass is 79.9. The summed E-state index contributed by atoms with van der Waals surface area (Å²) in [4.78, 5) is 6.53. The van der Waals surface area contributed by atoms with Gasteiger partial charge in [0, 0.05) is 13.1 Å². The maximum atomic E-state index is 5.46. The molecule has 3 heterocycles. The lowest BCUT2D eigenvalue weighted by Gasteiger charge is -2.36. The number of nitrogens with zero attached hydrogens (tertiary/aromatic N) is 3. The minimum atomic E-state index is 0.370. The van der Waals surface area contributed by atoms with Crippen molar-refractivity contribution >= 4 is 15.9 Å². The van der Waals surface area contributed by atoms with Crippen LogP contribution in [0.1, 0.15) is 23.4 Å². The number of likely N-dealkylation sites (tertiary alicyclic amines) is 1. The molecule has 1 aliphatic rings.